The van der Waals surface area contributed by atoms with Crippen molar-refractivity contribution < 1.29 is 13.5 Å². The molecule has 4 heterocycles. The highest BCUT2D eigenvalue weighted by Crippen LogP contribution is 2.27. The number of hydrogen-bond donors (Lipinski definition) is 1. The minimum Gasteiger partial charge on any atom is -0.484 e. The largest absolute Gasteiger partial charge is 0.484 e. The second kappa shape index (κ2) is 6.06. The molecule has 1 N–H and O–H groups in total. The quantitative estimate of drug-likeness (QED) is 0.508. The summed E-state index contributed by atoms with van der Waals surface area (Å²) < 4.78 is 26.0. The molecule has 10 heteroatoms. The van der Waals surface area contributed by atoms with Crippen molar-refractivity contribution in [2.75, 3.05) is 0 Å². The normalized spacial score (nSPS) is 11.5. The summed E-state index contributed by atoms with van der Waals surface area (Å²) in [4.78, 5) is 8.70. The fourth-order valence-corrected chi connectivity index (χ4v) is 2.88. The third-order valence-electron chi connectivity index (χ3n) is 3.93. The summed E-state index contributed by atoms with van der Waals surface area (Å²) in [6.45, 7) is 0.131. The van der Waals surface area contributed by atoms with Crippen LogP contribution in [-0.2, 0) is 6.61 Å². The molecule has 5 aromatic rings. The van der Waals surface area contributed by atoms with Gasteiger partial charge in [0.2, 0.25) is 5.82 Å². The zero-order valence-corrected chi connectivity index (χ0v) is 14.3. The fraction of sp³-hybridized carbons (Fsp3) is 0.0588. The van der Waals surface area contributed by atoms with E-state index in [-0.39, 0.29) is 11.6 Å². The number of nitrogens with one attached hydrogen (secondary N) is 1. The van der Waals surface area contributed by atoms with Crippen molar-refractivity contribution in [3.8, 4) is 17.3 Å². The molecule has 0 spiro atoms. The van der Waals surface area contributed by atoms with Gasteiger partial charge in [-0.2, -0.15) is 5.10 Å². The van der Waals surface area contributed by atoms with Crippen LogP contribution in [0.5, 0.6) is 5.75 Å². The molecule has 0 unspecified atom stereocenters. The van der Waals surface area contributed by atoms with E-state index in [1.165, 1.54) is 18.2 Å². The molecule has 0 atom stereocenters. The molecule has 8 nitrogen and oxygen atoms in total. The van der Waals surface area contributed by atoms with Crippen LogP contribution in [0, 0.1) is 5.82 Å². The van der Waals surface area contributed by atoms with E-state index in [0.29, 0.717) is 34.4 Å². The van der Waals surface area contributed by atoms with E-state index in [2.05, 4.69) is 25.3 Å². The van der Waals surface area contributed by atoms with Gasteiger partial charge in [0.05, 0.1) is 16.6 Å². The predicted octanol–water partition coefficient (Wildman–Crippen LogP) is 3.63. The first-order chi connectivity index (χ1) is 13.2. The number of H-pyrrole nitrogens is 1. The van der Waals surface area contributed by atoms with Crippen LogP contribution in [0.25, 0.3) is 28.3 Å². The fourth-order valence-electron chi connectivity index (χ4n) is 2.66. The van der Waals surface area contributed by atoms with E-state index in [0.717, 1.165) is 5.39 Å². The third kappa shape index (κ3) is 2.77. The molecule has 0 saturated carbocycles. The average Bonchev–Trinajstić information content (AvgIpc) is 3.38. The topological polar surface area (TPSA) is 94.1 Å². The number of rotatable bonds is 4. The molecule has 5 rings (SSSR count). The number of aromatic nitrogens is 6. The Morgan fingerprint density at radius 2 is 2.19 bits per heavy atom. The zero-order chi connectivity index (χ0) is 18.4. The van der Waals surface area contributed by atoms with Crippen LogP contribution in [0.2, 0.25) is 5.02 Å². The number of halogens is 2. The van der Waals surface area contributed by atoms with E-state index < -0.39 is 5.82 Å². The smallest absolute Gasteiger partial charge is 0.217 e. The summed E-state index contributed by atoms with van der Waals surface area (Å²) in [7, 11) is 0. The molecular formula is C17H10ClFN6O2. The molecule has 27 heavy (non-hydrogen) atoms. The lowest BCUT2D eigenvalue weighted by Gasteiger charge is -2.05. The summed E-state index contributed by atoms with van der Waals surface area (Å²) in [5, 5.41) is 12.1. The van der Waals surface area contributed by atoms with Crippen LogP contribution in [0.3, 0.4) is 0 Å². The first kappa shape index (κ1) is 15.8. The van der Waals surface area contributed by atoms with Gasteiger partial charge in [0.15, 0.2) is 17.1 Å². The number of ether oxygens (including phenoxy) is 1. The van der Waals surface area contributed by atoms with Crippen molar-refractivity contribution in [1.82, 2.24) is 29.8 Å². The summed E-state index contributed by atoms with van der Waals surface area (Å²) in [5.74, 6) is 1.40. The molecule has 0 aliphatic rings. The van der Waals surface area contributed by atoms with Crippen LogP contribution in [0.15, 0.2) is 47.3 Å². The summed E-state index contributed by atoms with van der Waals surface area (Å²) in [6, 6.07) is 7.44. The number of benzene rings is 1. The van der Waals surface area contributed by atoms with E-state index in [4.69, 9.17) is 20.8 Å². The Bertz CT molecular complexity index is 1280. The summed E-state index contributed by atoms with van der Waals surface area (Å²) >= 11 is 5.95. The average molecular weight is 385 g/mol. The highest BCUT2D eigenvalue weighted by atomic mass is 35.5. The van der Waals surface area contributed by atoms with Crippen molar-refractivity contribution in [2.45, 2.75) is 6.61 Å². The Hall–Kier alpha value is -3.46. The monoisotopic (exact) mass is 384 g/mol. The maximum Gasteiger partial charge on any atom is 0.217 e. The van der Waals surface area contributed by atoms with Gasteiger partial charge in [-0.3, -0.25) is 5.10 Å². The van der Waals surface area contributed by atoms with Gasteiger partial charge in [0.25, 0.3) is 0 Å². The SMILES string of the molecule is Fc1ccc(OCc2ccc(-c3nc4c5cn[nH]c5ncn4n3)o2)c(Cl)c1. The molecule has 134 valence electrons. The minimum atomic E-state index is -0.424. The molecule has 0 saturated heterocycles. The minimum absolute atomic E-state index is 0.131. The summed E-state index contributed by atoms with van der Waals surface area (Å²) in [5.41, 5.74) is 1.25. The van der Waals surface area contributed by atoms with Crippen LogP contribution < -0.4 is 4.74 Å². The molecule has 1 aromatic carbocycles. The van der Waals surface area contributed by atoms with Gasteiger partial charge in [-0.25, -0.2) is 18.9 Å². The number of fused-ring (bicyclic) bond motifs is 3. The molecule has 0 fully saturated rings. The van der Waals surface area contributed by atoms with Crippen LogP contribution in [0.1, 0.15) is 5.76 Å². The summed E-state index contributed by atoms with van der Waals surface area (Å²) in [6.07, 6.45) is 3.19. The third-order valence-corrected chi connectivity index (χ3v) is 4.23. The number of nitrogens with zero attached hydrogens (tertiary/aromatic N) is 5. The van der Waals surface area contributed by atoms with Gasteiger partial charge in [-0.05, 0) is 30.3 Å². The molecular weight excluding hydrogens is 375 g/mol. The van der Waals surface area contributed by atoms with Crippen molar-refractivity contribution >= 4 is 28.3 Å². The van der Waals surface area contributed by atoms with Gasteiger partial charge in [-0.1, -0.05) is 11.6 Å². The maximum atomic E-state index is 13.1. The van der Waals surface area contributed by atoms with Crippen molar-refractivity contribution in [3.63, 3.8) is 0 Å². The highest BCUT2D eigenvalue weighted by Gasteiger charge is 2.14. The van der Waals surface area contributed by atoms with E-state index in [9.17, 15) is 4.39 Å². The van der Waals surface area contributed by atoms with Crippen molar-refractivity contribution in [1.29, 1.82) is 0 Å². The predicted molar refractivity (Wildman–Crippen MR) is 93.9 cm³/mol. The molecule has 4 aromatic heterocycles. The van der Waals surface area contributed by atoms with E-state index >= 15 is 0 Å². The van der Waals surface area contributed by atoms with Gasteiger partial charge < -0.3 is 9.15 Å². The molecule has 0 bridgehead atoms. The Balaban J connectivity index is 1.40. The Morgan fingerprint density at radius 1 is 1.26 bits per heavy atom. The Morgan fingerprint density at radius 3 is 3.07 bits per heavy atom. The number of aromatic amines is 1. The van der Waals surface area contributed by atoms with Gasteiger partial charge in [-0.15, -0.1) is 5.10 Å². The molecule has 0 radical (unpaired) electrons. The van der Waals surface area contributed by atoms with E-state index in [1.54, 1.807) is 29.2 Å². The van der Waals surface area contributed by atoms with Gasteiger partial charge >= 0.3 is 0 Å². The highest BCUT2D eigenvalue weighted by molar-refractivity contribution is 6.32. The van der Waals surface area contributed by atoms with Gasteiger partial charge in [0.1, 0.15) is 30.3 Å². The van der Waals surface area contributed by atoms with E-state index in [1.807, 2.05) is 0 Å². The lowest BCUT2D eigenvalue weighted by molar-refractivity contribution is 0.271. The maximum absolute atomic E-state index is 13.1. The molecule has 0 aliphatic heterocycles. The second-order valence-corrected chi connectivity index (χ2v) is 6.12. The van der Waals surface area contributed by atoms with Crippen LogP contribution in [-0.4, -0.2) is 29.8 Å². The second-order valence-electron chi connectivity index (χ2n) is 5.71. The molecule has 0 amide bonds. The van der Waals surface area contributed by atoms with Crippen molar-refractivity contribution in [3.05, 3.63) is 59.5 Å². The first-order valence-corrected chi connectivity index (χ1v) is 8.26. The Kier molecular flexibility index (Phi) is 3.54. The van der Waals surface area contributed by atoms with Gasteiger partial charge in [0, 0.05) is 0 Å². The lowest BCUT2D eigenvalue weighted by atomic mass is 10.3. The Labute approximate surface area is 155 Å². The van der Waals surface area contributed by atoms with Crippen molar-refractivity contribution in [2.24, 2.45) is 0 Å². The molecule has 0 aliphatic carbocycles. The first-order valence-electron chi connectivity index (χ1n) is 7.89. The van der Waals surface area contributed by atoms with Crippen LogP contribution in [0.4, 0.5) is 4.39 Å². The lowest BCUT2D eigenvalue weighted by Crippen LogP contribution is -1.94. The van der Waals surface area contributed by atoms with Crippen LogP contribution >= 0.6 is 11.6 Å². The number of hydrogen-bond acceptors (Lipinski definition) is 6. The number of furan rings is 1. The standard InChI is InChI=1S/C17H10ClFN6O2/c18-12-5-9(19)1-3-13(12)26-7-10-2-4-14(27-10)16-22-17-11-6-21-23-15(11)20-8-25(17)24-16/h1-6,8H,7H2,(H,21,23). The zero-order valence-electron chi connectivity index (χ0n) is 13.6.